The van der Waals surface area contributed by atoms with Gasteiger partial charge < -0.3 is 33.3 Å². The standard InChI is InChI=1S/C90H155NO8/c1-6-8-10-12-14-16-18-20-22-24-26-28-30-32-34-36-38-40-42-44-46-48-50-52-54-56-58-60-62-64-66-68-70-72-74-76-78-80-87(92)97-84-86(85-98-90(89(94)95)96-83-82-91(3,4)5)99-88(93)81-79-77-75-73-71-69-67-65-63-61-59-57-55-53-51-49-47-45-43-41-39-37-35-33-31-29-27-25-23-21-19-17-15-13-11-9-7-2/h9,11,15,17,21,23,27,29,33,35,39,41,45,47,51,53,57,59,63,65,69,71,86,90H,6-8,10,12-14,16,18-20,22,24-26,28,30-32,34,36-38,40,42-44,46,48-50,52,54-56,58,60-62,64,66-68,70,72-85H2,1-5H3/b11-9-,17-15-,23-21-,29-27-,35-33-,41-39-,47-45-,53-51-,59-57-,65-63-,71-69-. The quantitative estimate of drug-likeness (QED) is 0.0195. The Labute approximate surface area is 611 Å². The van der Waals surface area contributed by atoms with Crippen LogP contribution in [-0.4, -0.2) is 82.3 Å². The van der Waals surface area contributed by atoms with Gasteiger partial charge in [0.15, 0.2) is 12.4 Å². The monoisotopic (exact) mass is 1380 g/mol. The number of quaternary nitrogens is 1. The lowest BCUT2D eigenvalue weighted by Gasteiger charge is -2.26. The largest absolute Gasteiger partial charge is 0.545 e. The average molecular weight is 1380 g/mol. The number of carbonyl (C=O) groups is 3. The first-order valence-corrected chi connectivity index (χ1v) is 41.3. The Morgan fingerprint density at radius 1 is 0.313 bits per heavy atom. The first-order valence-electron chi connectivity index (χ1n) is 41.3. The van der Waals surface area contributed by atoms with Crippen molar-refractivity contribution >= 4 is 17.9 Å². The van der Waals surface area contributed by atoms with Gasteiger partial charge in [0.05, 0.1) is 40.3 Å². The summed E-state index contributed by atoms with van der Waals surface area (Å²) in [6.45, 7) is 4.63. The van der Waals surface area contributed by atoms with Gasteiger partial charge in [-0.1, -0.05) is 385 Å². The van der Waals surface area contributed by atoms with Crippen LogP contribution in [0.5, 0.6) is 0 Å². The van der Waals surface area contributed by atoms with Crippen molar-refractivity contribution < 1.29 is 42.9 Å². The van der Waals surface area contributed by atoms with Crippen LogP contribution in [0.15, 0.2) is 134 Å². The highest BCUT2D eigenvalue weighted by Crippen LogP contribution is 2.19. The van der Waals surface area contributed by atoms with E-state index < -0.39 is 24.3 Å². The molecular weight excluding hydrogens is 1220 g/mol. The van der Waals surface area contributed by atoms with E-state index >= 15 is 0 Å². The zero-order valence-electron chi connectivity index (χ0n) is 65.1. The number of nitrogens with zero attached hydrogens (tertiary/aromatic N) is 1. The first kappa shape index (κ1) is 94.4. The lowest BCUT2D eigenvalue weighted by molar-refractivity contribution is -0.870. The number of carboxylic acid groups (broad SMARTS) is 1. The number of rotatable bonds is 76. The topological polar surface area (TPSA) is 111 Å². The van der Waals surface area contributed by atoms with Crippen LogP contribution in [0.25, 0.3) is 0 Å². The Hall–Kier alpha value is -4.57. The van der Waals surface area contributed by atoms with Crippen molar-refractivity contribution in [2.75, 3.05) is 47.5 Å². The number of carbonyl (C=O) groups excluding carboxylic acids is 3. The van der Waals surface area contributed by atoms with Crippen molar-refractivity contribution in [2.24, 2.45) is 0 Å². The predicted molar refractivity (Wildman–Crippen MR) is 426 cm³/mol. The maximum absolute atomic E-state index is 13.0. The molecule has 9 nitrogen and oxygen atoms in total. The molecule has 0 amide bonds. The molecule has 0 spiro atoms. The molecule has 0 aromatic rings. The van der Waals surface area contributed by atoms with Gasteiger partial charge in [0, 0.05) is 12.8 Å². The molecule has 0 saturated heterocycles. The number of hydrogen-bond donors (Lipinski definition) is 0. The van der Waals surface area contributed by atoms with Crippen molar-refractivity contribution in [1.82, 2.24) is 0 Å². The summed E-state index contributed by atoms with van der Waals surface area (Å²) in [5, 5.41) is 11.9. The summed E-state index contributed by atoms with van der Waals surface area (Å²) in [4.78, 5) is 37.6. The highest BCUT2D eigenvalue weighted by molar-refractivity contribution is 5.70. The Morgan fingerprint density at radius 3 is 0.859 bits per heavy atom. The predicted octanol–water partition coefficient (Wildman–Crippen LogP) is 25.5. The SMILES string of the molecule is CC/C=C\C/C=C\C/C=C\C/C=C\C/C=C\C/C=C\C/C=C\C/C=C\C/C=C\C/C=C\C/C=C\CCCCCC(=O)OC(COC(=O)CCCCCCCCCCCCCCCCCCCCCCCCCCCCCCCCCCCCCCC)COC(OCC[N+](C)(C)C)C(=O)[O-]. The number of hydrogen-bond acceptors (Lipinski definition) is 8. The first-order chi connectivity index (χ1) is 48.6. The molecule has 0 bridgehead atoms. The molecule has 0 aliphatic carbocycles. The molecule has 0 fully saturated rings. The molecule has 9 heteroatoms. The van der Waals surface area contributed by atoms with Crippen LogP contribution in [0, 0.1) is 0 Å². The number of likely N-dealkylation sites (N-methyl/N-ethyl adjacent to an activating group) is 1. The van der Waals surface area contributed by atoms with Gasteiger partial charge in [-0.15, -0.1) is 0 Å². The Balaban J connectivity index is 4.10. The number of unbranched alkanes of at least 4 members (excludes halogenated alkanes) is 39. The third-order valence-electron chi connectivity index (χ3n) is 17.9. The van der Waals surface area contributed by atoms with E-state index in [1.54, 1.807) is 0 Å². The van der Waals surface area contributed by atoms with Crippen LogP contribution in [0.1, 0.15) is 361 Å². The fourth-order valence-corrected chi connectivity index (χ4v) is 11.7. The van der Waals surface area contributed by atoms with Gasteiger partial charge in [0.2, 0.25) is 0 Å². The van der Waals surface area contributed by atoms with E-state index in [0.29, 0.717) is 17.4 Å². The molecule has 2 unspecified atom stereocenters. The Bertz CT molecular complexity index is 2100. The molecule has 99 heavy (non-hydrogen) atoms. The van der Waals surface area contributed by atoms with Gasteiger partial charge in [-0.25, -0.2) is 0 Å². The molecule has 0 aliphatic heterocycles. The molecule has 0 aromatic carbocycles. The number of esters is 2. The molecular formula is C90H155NO8. The molecule has 0 heterocycles. The fourth-order valence-electron chi connectivity index (χ4n) is 11.7. The number of aliphatic carboxylic acids is 1. The summed E-state index contributed by atoms with van der Waals surface area (Å²) >= 11 is 0. The van der Waals surface area contributed by atoms with Crippen molar-refractivity contribution in [1.29, 1.82) is 0 Å². The molecule has 0 saturated carbocycles. The normalized spacial score (nSPS) is 13.3. The highest BCUT2D eigenvalue weighted by Gasteiger charge is 2.22. The van der Waals surface area contributed by atoms with Crippen LogP contribution < -0.4 is 5.11 Å². The lowest BCUT2D eigenvalue weighted by atomic mass is 10.0. The minimum Gasteiger partial charge on any atom is -0.545 e. The lowest BCUT2D eigenvalue weighted by Crippen LogP contribution is -2.44. The summed E-state index contributed by atoms with van der Waals surface area (Å²) in [6.07, 6.45) is 112. The number of allylic oxidation sites excluding steroid dienone is 22. The van der Waals surface area contributed by atoms with Crippen LogP contribution >= 0.6 is 0 Å². The van der Waals surface area contributed by atoms with E-state index in [0.717, 1.165) is 109 Å². The van der Waals surface area contributed by atoms with E-state index in [1.807, 2.05) is 21.1 Å². The second kappa shape index (κ2) is 79.1. The second-order valence-corrected chi connectivity index (χ2v) is 28.7. The molecule has 2 atom stereocenters. The van der Waals surface area contributed by atoms with Crippen molar-refractivity contribution in [3.05, 3.63) is 134 Å². The molecule has 0 aromatic heterocycles. The van der Waals surface area contributed by atoms with Crippen LogP contribution in [-0.2, 0) is 33.3 Å². The Kier molecular flexibility index (Phi) is 75.5. The summed E-state index contributed by atoms with van der Waals surface area (Å²) in [7, 11) is 5.92. The van der Waals surface area contributed by atoms with E-state index in [-0.39, 0.29) is 38.6 Å². The third-order valence-corrected chi connectivity index (χ3v) is 17.9. The number of ether oxygens (including phenoxy) is 4. The fraction of sp³-hybridized carbons (Fsp3) is 0.722. The van der Waals surface area contributed by atoms with Gasteiger partial charge >= 0.3 is 11.9 Å². The molecule has 0 N–H and O–H groups in total. The zero-order chi connectivity index (χ0) is 71.8. The molecule has 0 aliphatic rings. The van der Waals surface area contributed by atoms with E-state index in [9.17, 15) is 19.5 Å². The Morgan fingerprint density at radius 2 is 0.576 bits per heavy atom. The zero-order valence-corrected chi connectivity index (χ0v) is 65.1. The summed E-state index contributed by atoms with van der Waals surface area (Å²) in [5.74, 6) is -2.32. The third kappa shape index (κ3) is 80.6. The van der Waals surface area contributed by atoms with E-state index in [2.05, 4.69) is 148 Å². The van der Waals surface area contributed by atoms with Gasteiger partial charge in [-0.2, -0.15) is 0 Å². The maximum Gasteiger partial charge on any atom is 0.306 e. The van der Waals surface area contributed by atoms with Crippen molar-refractivity contribution in [3.8, 4) is 0 Å². The van der Waals surface area contributed by atoms with Crippen LogP contribution in [0.2, 0.25) is 0 Å². The van der Waals surface area contributed by atoms with Gasteiger partial charge in [0.25, 0.3) is 0 Å². The van der Waals surface area contributed by atoms with Crippen molar-refractivity contribution in [2.45, 2.75) is 373 Å². The summed E-state index contributed by atoms with van der Waals surface area (Å²) in [5.41, 5.74) is 0. The van der Waals surface area contributed by atoms with Gasteiger partial charge in [0.1, 0.15) is 13.2 Å². The van der Waals surface area contributed by atoms with Gasteiger partial charge in [-0.3, -0.25) is 9.59 Å². The highest BCUT2D eigenvalue weighted by atomic mass is 16.7. The minimum absolute atomic E-state index is 0.136. The van der Waals surface area contributed by atoms with E-state index in [4.69, 9.17) is 18.9 Å². The smallest absolute Gasteiger partial charge is 0.306 e. The molecule has 568 valence electrons. The average Bonchev–Trinajstić information content (AvgIpc) is 2.19. The van der Waals surface area contributed by atoms with Crippen LogP contribution in [0.4, 0.5) is 0 Å². The summed E-state index contributed by atoms with van der Waals surface area (Å²) < 4.78 is 22.8. The maximum atomic E-state index is 13.0. The second-order valence-electron chi connectivity index (χ2n) is 28.7. The molecule has 0 radical (unpaired) electrons. The van der Waals surface area contributed by atoms with Gasteiger partial charge in [-0.05, 0) is 96.3 Å². The number of carboxylic acids is 1. The minimum atomic E-state index is -1.64. The van der Waals surface area contributed by atoms with E-state index in [1.165, 1.54) is 218 Å². The molecule has 0 rings (SSSR count). The van der Waals surface area contributed by atoms with Crippen LogP contribution in [0.3, 0.4) is 0 Å². The summed E-state index contributed by atoms with van der Waals surface area (Å²) in [6, 6.07) is 0. The van der Waals surface area contributed by atoms with Crippen molar-refractivity contribution in [3.63, 3.8) is 0 Å².